The van der Waals surface area contributed by atoms with Crippen molar-refractivity contribution in [2.24, 2.45) is 0 Å². The fourth-order valence-electron chi connectivity index (χ4n) is 2.88. The van der Waals surface area contributed by atoms with Gasteiger partial charge in [0.2, 0.25) is 5.91 Å². The van der Waals surface area contributed by atoms with Gasteiger partial charge in [0.1, 0.15) is 17.1 Å². The number of aromatic nitrogens is 2. The number of ether oxygens (including phenoxy) is 3. The van der Waals surface area contributed by atoms with E-state index in [0.29, 0.717) is 18.8 Å². The number of methoxy groups -OCH3 is 1. The minimum Gasteiger partial charge on any atom is -0.497 e. The lowest BCUT2D eigenvalue weighted by Gasteiger charge is -2.11. The molecule has 0 aliphatic carbocycles. The van der Waals surface area contributed by atoms with E-state index in [-0.39, 0.29) is 30.3 Å². The van der Waals surface area contributed by atoms with Crippen molar-refractivity contribution in [1.29, 1.82) is 0 Å². The first kappa shape index (κ1) is 21.9. The van der Waals surface area contributed by atoms with Crippen molar-refractivity contribution < 1.29 is 23.8 Å². The molecule has 0 bridgehead atoms. The molecular weight excluding hydrogens is 398 g/mol. The molecule has 1 N–H and O–H groups in total. The smallest absolute Gasteiger partial charge is 0.343 e. The summed E-state index contributed by atoms with van der Waals surface area (Å²) in [4.78, 5) is 24.8. The van der Waals surface area contributed by atoms with Gasteiger partial charge >= 0.3 is 5.97 Å². The lowest BCUT2D eigenvalue weighted by molar-refractivity contribution is -0.116. The third kappa shape index (κ3) is 5.85. The van der Waals surface area contributed by atoms with Crippen LogP contribution < -0.4 is 14.8 Å². The summed E-state index contributed by atoms with van der Waals surface area (Å²) >= 11 is 0. The van der Waals surface area contributed by atoms with Gasteiger partial charge < -0.3 is 19.5 Å². The normalized spacial score (nSPS) is 10.4. The fourth-order valence-corrected chi connectivity index (χ4v) is 2.88. The number of esters is 1. The van der Waals surface area contributed by atoms with Crippen LogP contribution in [0.1, 0.15) is 30.1 Å². The summed E-state index contributed by atoms with van der Waals surface area (Å²) < 4.78 is 17.4. The molecule has 8 heteroatoms. The average molecular weight is 423 g/mol. The zero-order valence-corrected chi connectivity index (χ0v) is 17.5. The van der Waals surface area contributed by atoms with Gasteiger partial charge in [-0.25, -0.2) is 9.48 Å². The lowest BCUT2D eigenvalue weighted by atomic mass is 10.2. The van der Waals surface area contributed by atoms with E-state index in [2.05, 4.69) is 10.4 Å². The molecule has 162 valence electrons. The number of anilines is 1. The van der Waals surface area contributed by atoms with Gasteiger partial charge in [-0.3, -0.25) is 4.79 Å². The summed E-state index contributed by atoms with van der Waals surface area (Å²) in [6.07, 6.45) is 2.12. The number of amides is 1. The standard InChI is InChI=1S/C23H25N3O5/c1-3-30-23(28)20-16-24-26(17-8-5-4-6-9-17)22(20)25-21(27)10-7-15-31-19-13-11-18(29-2)12-14-19/h4-6,8-9,11-14,16H,3,7,10,15H2,1-2H3,(H,25,27). The number of rotatable bonds is 10. The predicted octanol–water partition coefficient (Wildman–Crippen LogP) is 3.86. The lowest BCUT2D eigenvalue weighted by Crippen LogP contribution is -2.18. The Morgan fingerprint density at radius 3 is 2.42 bits per heavy atom. The second kappa shape index (κ2) is 10.8. The predicted molar refractivity (Wildman–Crippen MR) is 116 cm³/mol. The zero-order chi connectivity index (χ0) is 22.1. The number of nitrogens with zero attached hydrogens (tertiary/aromatic N) is 2. The number of carbonyl (C=O) groups is 2. The first-order valence-electron chi connectivity index (χ1n) is 9.99. The highest BCUT2D eigenvalue weighted by Crippen LogP contribution is 2.22. The monoisotopic (exact) mass is 423 g/mol. The Morgan fingerprint density at radius 1 is 1.03 bits per heavy atom. The molecule has 8 nitrogen and oxygen atoms in total. The molecule has 0 aliphatic heterocycles. The van der Waals surface area contributed by atoms with Crippen molar-refractivity contribution in [3.63, 3.8) is 0 Å². The quantitative estimate of drug-likeness (QED) is 0.393. The van der Waals surface area contributed by atoms with Gasteiger partial charge in [0.25, 0.3) is 0 Å². The summed E-state index contributed by atoms with van der Waals surface area (Å²) in [7, 11) is 1.60. The van der Waals surface area contributed by atoms with Gasteiger partial charge in [0.15, 0.2) is 5.82 Å². The fraction of sp³-hybridized carbons (Fsp3) is 0.261. The van der Waals surface area contributed by atoms with Crippen LogP contribution >= 0.6 is 0 Å². The summed E-state index contributed by atoms with van der Waals surface area (Å²) in [5.41, 5.74) is 0.921. The maximum absolute atomic E-state index is 12.5. The molecule has 0 fully saturated rings. The first-order valence-corrected chi connectivity index (χ1v) is 9.99. The van der Waals surface area contributed by atoms with Crippen molar-refractivity contribution in [3.05, 3.63) is 66.4 Å². The van der Waals surface area contributed by atoms with Crippen LogP contribution in [0.5, 0.6) is 11.5 Å². The third-order valence-electron chi connectivity index (χ3n) is 4.40. The van der Waals surface area contributed by atoms with Gasteiger partial charge in [-0.05, 0) is 49.7 Å². The largest absolute Gasteiger partial charge is 0.497 e. The Labute approximate surface area is 180 Å². The maximum Gasteiger partial charge on any atom is 0.343 e. The zero-order valence-electron chi connectivity index (χ0n) is 17.5. The second-order valence-electron chi connectivity index (χ2n) is 6.55. The Hall–Kier alpha value is -3.81. The highest BCUT2D eigenvalue weighted by molar-refractivity contribution is 6.00. The van der Waals surface area contributed by atoms with Crippen LogP contribution in [0.4, 0.5) is 5.82 Å². The number of nitrogens with one attached hydrogen (secondary N) is 1. The summed E-state index contributed by atoms with van der Waals surface area (Å²) in [5, 5.41) is 7.06. The summed E-state index contributed by atoms with van der Waals surface area (Å²) in [6.45, 7) is 2.33. The molecule has 1 amide bonds. The Balaban J connectivity index is 1.62. The molecule has 31 heavy (non-hydrogen) atoms. The number of hydrogen-bond donors (Lipinski definition) is 1. The van der Waals surface area contributed by atoms with E-state index in [1.54, 1.807) is 14.0 Å². The van der Waals surface area contributed by atoms with E-state index >= 15 is 0 Å². The number of benzene rings is 2. The Bertz CT molecular complexity index is 1000. The summed E-state index contributed by atoms with van der Waals surface area (Å²) in [5.74, 6) is 0.947. The van der Waals surface area contributed by atoms with Crippen LogP contribution in [-0.4, -0.2) is 42.0 Å². The second-order valence-corrected chi connectivity index (χ2v) is 6.55. The molecule has 3 aromatic rings. The van der Waals surface area contributed by atoms with E-state index < -0.39 is 5.97 Å². The minimum absolute atomic E-state index is 0.202. The van der Waals surface area contributed by atoms with Gasteiger partial charge in [0, 0.05) is 6.42 Å². The molecule has 0 aliphatic rings. The van der Waals surface area contributed by atoms with E-state index in [0.717, 1.165) is 11.4 Å². The van der Waals surface area contributed by atoms with E-state index in [9.17, 15) is 9.59 Å². The Morgan fingerprint density at radius 2 is 1.74 bits per heavy atom. The van der Waals surface area contributed by atoms with E-state index in [4.69, 9.17) is 14.2 Å². The highest BCUT2D eigenvalue weighted by Gasteiger charge is 2.21. The van der Waals surface area contributed by atoms with Crippen molar-refractivity contribution in [1.82, 2.24) is 9.78 Å². The molecule has 0 saturated heterocycles. The van der Waals surface area contributed by atoms with E-state index in [1.165, 1.54) is 10.9 Å². The maximum atomic E-state index is 12.5. The van der Waals surface area contributed by atoms with Gasteiger partial charge in [-0.15, -0.1) is 0 Å². The molecule has 1 aromatic heterocycles. The van der Waals surface area contributed by atoms with Crippen LogP contribution in [0, 0.1) is 0 Å². The molecule has 0 saturated carbocycles. The van der Waals surface area contributed by atoms with Crippen molar-refractivity contribution in [2.75, 3.05) is 25.6 Å². The molecule has 1 heterocycles. The van der Waals surface area contributed by atoms with Crippen molar-refractivity contribution >= 4 is 17.7 Å². The molecule has 0 radical (unpaired) electrons. The van der Waals surface area contributed by atoms with Gasteiger partial charge in [0.05, 0.1) is 32.2 Å². The minimum atomic E-state index is -0.539. The van der Waals surface area contributed by atoms with Crippen LogP contribution in [0.15, 0.2) is 60.8 Å². The number of hydrogen-bond acceptors (Lipinski definition) is 6. The molecule has 0 unspecified atom stereocenters. The van der Waals surface area contributed by atoms with Crippen molar-refractivity contribution in [2.45, 2.75) is 19.8 Å². The molecule has 0 atom stereocenters. The van der Waals surface area contributed by atoms with Crippen LogP contribution in [0.3, 0.4) is 0 Å². The van der Waals surface area contributed by atoms with E-state index in [1.807, 2.05) is 54.6 Å². The summed E-state index contributed by atoms with van der Waals surface area (Å²) in [6, 6.07) is 16.5. The molecular formula is C23H25N3O5. The SMILES string of the molecule is CCOC(=O)c1cnn(-c2ccccc2)c1NC(=O)CCCOc1ccc(OC)cc1. The Kier molecular flexibility index (Phi) is 7.64. The van der Waals surface area contributed by atoms with Gasteiger partial charge in [-0.1, -0.05) is 18.2 Å². The number of para-hydroxylation sites is 1. The third-order valence-corrected chi connectivity index (χ3v) is 4.40. The number of carbonyl (C=O) groups excluding carboxylic acids is 2. The van der Waals surface area contributed by atoms with Crippen LogP contribution in [0.2, 0.25) is 0 Å². The van der Waals surface area contributed by atoms with Gasteiger partial charge in [-0.2, -0.15) is 5.10 Å². The topological polar surface area (TPSA) is 91.7 Å². The van der Waals surface area contributed by atoms with Crippen molar-refractivity contribution in [3.8, 4) is 17.2 Å². The van der Waals surface area contributed by atoms with Crippen LogP contribution in [0.25, 0.3) is 5.69 Å². The molecule has 3 rings (SSSR count). The van der Waals surface area contributed by atoms with Crippen LogP contribution in [-0.2, 0) is 9.53 Å². The molecule has 2 aromatic carbocycles. The first-order chi connectivity index (χ1) is 15.1. The average Bonchev–Trinajstić information content (AvgIpc) is 3.21. The highest BCUT2D eigenvalue weighted by atomic mass is 16.5. The molecule has 0 spiro atoms.